The van der Waals surface area contributed by atoms with E-state index in [1.165, 1.54) is 24.3 Å². The van der Waals surface area contributed by atoms with Crippen molar-refractivity contribution < 1.29 is 19.2 Å². The molecule has 0 saturated heterocycles. The molecule has 8 nitrogen and oxygen atoms in total. The first-order valence-electron chi connectivity index (χ1n) is 8.36. The van der Waals surface area contributed by atoms with E-state index in [4.69, 9.17) is 21.1 Å². The minimum Gasteiger partial charge on any atom is -0.497 e. The highest BCUT2D eigenvalue weighted by Crippen LogP contribution is 2.29. The molecule has 0 aliphatic rings. The zero-order valence-electron chi connectivity index (χ0n) is 15.5. The second-order valence-electron chi connectivity index (χ2n) is 5.93. The Morgan fingerprint density at radius 3 is 2.41 bits per heavy atom. The Hall–Kier alpha value is -3.65. The van der Waals surface area contributed by atoms with Crippen LogP contribution in [0.4, 0.5) is 5.69 Å². The van der Waals surface area contributed by atoms with Gasteiger partial charge in [0, 0.05) is 23.3 Å². The lowest BCUT2D eigenvalue weighted by atomic mass is 10.1. The fourth-order valence-corrected chi connectivity index (χ4v) is 2.84. The van der Waals surface area contributed by atoms with Crippen LogP contribution in [0.2, 0.25) is 5.02 Å². The second-order valence-corrected chi connectivity index (χ2v) is 6.34. The summed E-state index contributed by atoms with van der Waals surface area (Å²) in [6.45, 7) is 0. The van der Waals surface area contributed by atoms with E-state index < -0.39 is 4.92 Å². The summed E-state index contributed by atoms with van der Waals surface area (Å²) >= 11 is 5.85. The van der Waals surface area contributed by atoms with Crippen LogP contribution in [-0.4, -0.2) is 35.1 Å². The summed E-state index contributed by atoms with van der Waals surface area (Å²) in [5.41, 5.74) is 2.02. The van der Waals surface area contributed by atoms with Gasteiger partial charge in [-0.15, -0.1) is 0 Å². The highest BCUT2D eigenvalue weighted by atomic mass is 35.5. The van der Waals surface area contributed by atoms with Gasteiger partial charge in [0.05, 0.1) is 30.5 Å². The number of hydrogen-bond donors (Lipinski definition) is 1. The van der Waals surface area contributed by atoms with Crippen LogP contribution in [0.25, 0.3) is 17.3 Å². The summed E-state index contributed by atoms with van der Waals surface area (Å²) in [5, 5.41) is 17.8. The minimum absolute atomic E-state index is 0.0925. The molecule has 3 aromatic rings. The number of rotatable bonds is 7. The van der Waals surface area contributed by atoms with Crippen molar-refractivity contribution in [2.24, 2.45) is 0 Å². The molecule has 29 heavy (non-hydrogen) atoms. The van der Waals surface area contributed by atoms with E-state index in [2.05, 4.69) is 10.2 Å². The van der Waals surface area contributed by atoms with Crippen LogP contribution in [0, 0.1) is 10.1 Å². The van der Waals surface area contributed by atoms with Gasteiger partial charge in [-0.05, 0) is 42.5 Å². The first kappa shape index (κ1) is 20.1. The molecule has 2 aromatic carbocycles. The number of nitro benzene ring substituents is 1. The number of carbonyl (C=O) groups is 1. The number of nitrogens with one attached hydrogen (secondary N) is 1. The van der Waals surface area contributed by atoms with Crippen LogP contribution < -0.4 is 9.47 Å². The number of methoxy groups -OCH3 is 2. The number of nitro groups is 1. The van der Waals surface area contributed by atoms with Crippen molar-refractivity contribution in [1.82, 2.24) is 10.2 Å². The van der Waals surface area contributed by atoms with Gasteiger partial charge in [-0.25, -0.2) is 0 Å². The number of allylic oxidation sites excluding steroid dienone is 1. The van der Waals surface area contributed by atoms with Gasteiger partial charge in [0.25, 0.3) is 5.69 Å². The summed E-state index contributed by atoms with van der Waals surface area (Å²) in [6, 6.07) is 11.0. The third kappa shape index (κ3) is 4.61. The van der Waals surface area contributed by atoms with E-state index in [0.717, 1.165) is 5.56 Å². The molecule has 1 N–H and O–H groups in total. The molecule has 0 saturated carbocycles. The topological polar surface area (TPSA) is 107 Å². The van der Waals surface area contributed by atoms with Crippen molar-refractivity contribution in [2.45, 2.75) is 0 Å². The second kappa shape index (κ2) is 8.57. The number of nitrogens with zero attached hydrogens (tertiary/aromatic N) is 2. The van der Waals surface area contributed by atoms with E-state index in [9.17, 15) is 14.9 Å². The smallest absolute Gasteiger partial charge is 0.287 e. The van der Waals surface area contributed by atoms with Gasteiger partial charge >= 0.3 is 0 Å². The number of hydrogen-bond acceptors (Lipinski definition) is 6. The maximum absolute atomic E-state index is 12.3. The molecule has 0 radical (unpaired) electrons. The van der Waals surface area contributed by atoms with Crippen molar-refractivity contribution in [3.8, 4) is 22.8 Å². The summed E-state index contributed by atoms with van der Waals surface area (Å²) in [6.07, 6.45) is 2.90. The number of H-pyrrole nitrogens is 1. The molecular formula is C20H16ClN3O5. The first-order chi connectivity index (χ1) is 13.9. The summed E-state index contributed by atoms with van der Waals surface area (Å²) < 4.78 is 10.5. The van der Waals surface area contributed by atoms with Crippen molar-refractivity contribution >= 4 is 29.1 Å². The quantitative estimate of drug-likeness (QED) is 0.263. The highest BCUT2D eigenvalue weighted by molar-refractivity contribution is 6.33. The Kier molecular flexibility index (Phi) is 5.94. The third-order valence-electron chi connectivity index (χ3n) is 4.09. The van der Waals surface area contributed by atoms with E-state index in [1.54, 1.807) is 32.4 Å². The maximum atomic E-state index is 12.3. The lowest BCUT2D eigenvalue weighted by molar-refractivity contribution is -0.384. The Balaban J connectivity index is 1.79. The summed E-state index contributed by atoms with van der Waals surface area (Å²) in [5.74, 6) is 0.912. The fraction of sp³-hybridized carbons (Fsp3) is 0.100. The third-order valence-corrected chi connectivity index (χ3v) is 4.39. The highest BCUT2D eigenvalue weighted by Gasteiger charge is 2.14. The summed E-state index contributed by atoms with van der Waals surface area (Å²) in [4.78, 5) is 22.5. The zero-order valence-corrected chi connectivity index (χ0v) is 16.3. The number of ketones is 1. The SMILES string of the molecule is COc1cc(OC)cc(-c2cc(C=CC(=O)c3ccc([N+](=O)[O-])c(Cl)c3)[nH]n2)c1. The van der Waals surface area contributed by atoms with Crippen LogP contribution >= 0.6 is 11.6 Å². The number of aromatic nitrogens is 2. The lowest BCUT2D eigenvalue weighted by Crippen LogP contribution is -1.96. The Morgan fingerprint density at radius 1 is 1.14 bits per heavy atom. The monoisotopic (exact) mass is 413 g/mol. The molecule has 0 atom stereocenters. The summed E-state index contributed by atoms with van der Waals surface area (Å²) in [7, 11) is 3.13. The van der Waals surface area contributed by atoms with Gasteiger partial charge in [0.2, 0.25) is 0 Å². The molecule has 1 heterocycles. The molecule has 0 aliphatic heterocycles. The Bertz CT molecular complexity index is 1080. The number of aromatic amines is 1. The lowest BCUT2D eigenvalue weighted by Gasteiger charge is -2.06. The predicted octanol–water partition coefficient (Wildman–Crippen LogP) is 4.55. The van der Waals surface area contributed by atoms with Gasteiger partial charge in [-0.1, -0.05) is 11.6 Å². The largest absolute Gasteiger partial charge is 0.497 e. The fourth-order valence-electron chi connectivity index (χ4n) is 2.60. The molecular weight excluding hydrogens is 398 g/mol. The molecule has 0 fully saturated rings. The molecule has 9 heteroatoms. The van der Waals surface area contributed by atoms with Gasteiger partial charge in [0.15, 0.2) is 5.78 Å². The average molecular weight is 414 g/mol. The molecule has 0 spiro atoms. The molecule has 0 aliphatic carbocycles. The van der Waals surface area contributed by atoms with Gasteiger partial charge in [-0.2, -0.15) is 5.10 Å². The van der Waals surface area contributed by atoms with Crippen molar-refractivity contribution in [3.63, 3.8) is 0 Å². The van der Waals surface area contributed by atoms with Crippen LogP contribution in [0.15, 0.2) is 48.5 Å². The van der Waals surface area contributed by atoms with Gasteiger partial charge < -0.3 is 9.47 Å². The van der Waals surface area contributed by atoms with Crippen LogP contribution in [0.5, 0.6) is 11.5 Å². The Morgan fingerprint density at radius 2 is 1.83 bits per heavy atom. The standard InChI is InChI=1S/C20H16ClN3O5/c1-28-15-7-13(8-16(11-15)29-2)18-10-14(22-23-18)4-6-20(25)12-3-5-19(24(26)27)17(21)9-12/h3-11H,1-2H3,(H,22,23). The van der Waals surface area contributed by atoms with Gasteiger partial charge in [-0.3, -0.25) is 20.0 Å². The molecule has 1 aromatic heterocycles. The van der Waals surface area contributed by atoms with Gasteiger partial charge in [0.1, 0.15) is 16.5 Å². The normalized spacial score (nSPS) is 10.9. The van der Waals surface area contributed by atoms with Crippen LogP contribution in [0.3, 0.4) is 0 Å². The van der Waals surface area contributed by atoms with E-state index in [1.807, 2.05) is 12.1 Å². The Labute approximate surface area is 170 Å². The van der Waals surface area contributed by atoms with E-state index in [0.29, 0.717) is 22.9 Å². The van der Waals surface area contributed by atoms with E-state index in [-0.39, 0.29) is 22.1 Å². The molecule has 148 valence electrons. The number of halogens is 1. The molecule has 0 amide bonds. The van der Waals surface area contributed by atoms with E-state index >= 15 is 0 Å². The van der Waals surface area contributed by atoms with Crippen molar-refractivity contribution in [1.29, 1.82) is 0 Å². The van der Waals surface area contributed by atoms with Crippen molar-refractivity contribution in [2.75, 3.05) is 14.2 Å². The minimum atomic E-state index is -0.605. The maximum Gasteiger partial charge on any atom is 0.287 e. The molecule has 0 bridgehead atoms. The van der Waals surface area contributed by atoms with Crippen molar-refractivity contribution in [3.05, 3.63) is 74.9 Å². The predicted molar refractivity (Wildman–Crippen MR) is 109 cm³/mol. The van der Waals surface area contributed by atoms with Crippen LogP contribution in [0.1, 0.15) is 16.1 Å². The number of carbonyl (C=O) groups excluding carboxylic acids is 1. The molecule has 0 unspecified atom stereocenters. The molecule has 3 rings (SSSR count). The zero-order chi connectivity index (χ0) is 21.0. The first-order valence-corrected chi connectivity index (χ1v) is 8.74. The number of ether oxygens (including phenoxy) is 2. The van der Waals surface area contributed by atoms with Crippen LogP contribution in [-0.2, 0) is 0 Å². The average Bonchev–Trinajstić information content (AvgIpc) is 3.20. The number of benzene rings is 2.